The van der Waals surface area contributed by atoms with Gasteiger partial charge in [0.15, 0.2) is 5.82 Å². The molecule has 0 unspecified atom stereocenters. The van der Waals surface area contributed by atoms with Gasteiger partial charge in [0.25, 0.3) is 5.56 Å². The molecule has 0 saturated carbocycles. The molecule has 130 valence electrons. The lowest BCUT2D eigenvalue weighted by atomic mass is 10.0. The minimum Gasteiger partial charge on any atom is -0.392 e. The Labute approximate surface area is 143 Å². The van der Waals surface area contributed by atoms with Crippen molar-refractivity contribution >= 4 is 5.91 Å². The zero-order valence-electron chi connectivity index (χ0n) is 13.6. The number of hydrogen-bond acceptors (Lipinski definition) is 6. The minimum atomic E-state index is -0.484. The van der Waals surface area contributed by atoms with Crippen molar-refractivity contribution < 1.29 is 9.90 Å². The number of amides is 1. The number of fused-ring (bicyclic) bond motifs is 1. The maximum absolute atomic E-state index is 12.6. The van der Waals surface area contributed by atoms with E-state index in [1.165, 1.54) is 0 Å². The summed E-state index contributed by atoms with van der Waals surface area (Å²) < 4.78 is 0. The van der Waals surface area contributed by atoms with Crippen LogP contribution < -0.4 is 10.9 Å². The maximum Gasteiger partial charge on any atom is 0.254 e. The van der Waals surface area contributed by atoms with Crippen molar-refractivity contribution in [3.8, 4) is 11.5 Å². The van der Waals surface area contributed by atoms with E-state index in [9.17, 15) is 14.7 Å². The summed E-state index contributed by atoms with van der Waals surface area (Å²) in [6.45, 7) is 1.21. The number of carbonyl (C=O) groups excluding carboxylic acids is 1. The first-order valence-corrected chi connectivity index (χ1v) is 8.35. The van der Waals surface area contributed by atoms with Gasteiger partial charge in [-0.3, -0.25) is 14.6 Å². The summed E-state index contributed by atoms with van der Waals surface area (Å²) in [5.74, 6) is 0.358. The standard InChI is InChI=1S/C17H19N5O3/c23-10-7-13(19-8-10)17(25)22-6-4-11-14(9-22)20-15(21-16(11)24)12-3-1-2-5-18-12/h1-3,5,10,13,19,23H,4,6-9H2,(H,20,21,24)/t10-,13+/m1/s1. The Morgan fingerprint density at radius 1 is 1.36 bits per heavy atom. The van der Waals surface area contributed by atoms with Crippen molar-refractivity contribution in [1.29, 1.82) is 0 Å². The lowest BCUT2D eigenvalue weighted by Crippen LogP contribution is -2.46. The van der Waals surface area contributed by atoms with Gasteiger partial charge in [-0.25, -0.2) is 4.98 Å². The normalized spacial score (nSPS) is 22.7. The first-order chi connectivity index (χ1) is 12.1. The van der Waals surface area contributed by atoms with Crippen molar-refractivity contribution in [1.82, 2.24) is 25.2 Å². The summed E-state index contributed by atoms with van der Waals surface area (Å²) in [7, 11) is 0. The monoisotopic (exact) mass is 341 g/mol. The number of H-pyrrole nitrogens is 1. The van der Waals surface area contributed by atoms with Crippen molar-refractivity contribution in [2.24, 2.45) is 0 Å². The number of hydrogen-bond donors (Lipinski definition) is 3. The number of β-amino-alcohol motifs (C(OH)–C–C–N with tert-alkyl or cyclic N) is 1. The van der Waals surface area contributed by atoms with E-state index in [2.05, 4.69) is 20.3 Å². The molecule has 2 aliphatic heterocycles. The van der Waals surface area contributed by atoms with Crippen LogP contribution >= 0.6 is 0 Å². The van der Waals surface area contributed by atoms with Gasteiger partial charge in [-0.05, 0) is 25.0 Å². The lowest BCUT2D eigenvalue weighted by Gasteiger charge is -2.30. The molecule has 0 aliphatic carbocycles. The average Bonchev–Trinajstić information content (AvgIpc) is 3.07. The van der Waals surface area contributed by atoms with Crippen LogP contribution in [0.25, 0.3) is 11.5 Å². The van der Waals surface area contributed by atoms with Crippen LogP contribution in [0.2, 0.25) is 0 Å². The van der Waals surface area contributed by atoms with Crippen LogP contribution in [0.5, 0.6) is 0 Å². The van der Waals surface area contributed by atoms with Gasteiger partial charge in [-0.2, -0.15) is 0 Å². The van der Waals surface area contributed by atoms with E-state index in [1.54, 1.807) is 23.2 Å². The van der Waals surface area contributed by atoms with E-state index >= 15 is 0 Å². The fourth-order valence-electron chi connectivity index (χ4n) is 3.38. The Bertz CT molecular complexity index is 851. The van der Waals surface area contributed by atoms with E-state index in [4.69, 9.17) is 0 Å². The number of nitrogens with zero attached hydrogens (tertiary/aromatic N) is 3. The Morgan fingerprint density at radius 2 is 2.24 bits per heavy atom. The van der Waals surface area contributed by atoms with Crippen LogP contribution in [-0.4, -0.2) is 56.1 Å². The van der Waals surface area contributed by atoms with Gasteiger partial charge in [0, 0.05) is 24.8 Å². The SMILES string of the molecule is O=C([C@@H]1C[C@@H](O)CN1)N1CCc2c(nc(-c3ccccn3)[nH]c2=O)C1. The van der Waals surface area contributed by atoms with Crippen LogP contribution in [-0.2, 0) is 17.8 Å². The molecular formula is C17H19N5O3. The molecule has 0 spiro atoms. The predicted molar refractivity (Wildman–Crippen MR) is 89.6 cm³/mol. The smallest absolute Gasteiger partial charge is 0.254 e. The number of aliphatic hydroxyl groups excluding tert-OH is 1. The molecule has 2 aromatic heterocycles. The third-order valence-corrected chi connectivity index (χ3v) is 4.70. The van der Waals surface area contributed by atoms with Crippen molar-refractivity contribution in [3.05, 3.63) is 46.0 Å². The van der Waals surface area contributed by atoms with Crippen molar-refractivity contribution in [2.45, 2.75) is 31.5 Å². The Hall–Kier alpha value is -2.58. The molecule has 0 bridgehead atoms. The van der Waals surface area contributed by atoms with E-state index in [-0.39, 0.29) is 17.5 Å². The fourth-order valence-corrected chi connectivity index (χ4v) is 3.38. The van der Waals surface area contributed by atoms with Gasteiger partial charge in [-0.15, -0.1) is 0 Å². The Balaban J connectivity index is 1.61. The number of pyridine rings is 1. The molecule has 0 aromatic carbocycles. The van der Waals surface area contributed by atoms with Gasteiger partial charge in [0.1, 0.15) is 5.69 Å². The van der Waals surface area contributed by atoms with Gasteiger partial charge < -0.3 is 20.3 Å². The summed E-state index contributed by atoms with van der Waals surface area (Å²) in [4.78, 5) is 38.2. The van der Waals surface area contributed by atoms with Gasteiger partial charge in [0.05, 0.1) is 24.4 Å². The van der Waals surface area contributed by atoms with Gasteiger partial charge in [0.2, 0.25) is 5.91 Å². The summed E-state index contributed by atoms with van der Waals surface area (Å²) in [5.41, 5.74) is 1.66. The third-order valence-electron chi connectivity index (χ3n) is 4.70. The Kier molecular flexibility index (Phi) is 4.06. The largest absolute Gasteiger partial charge is 0.392 e. The third kappa shape index (κ3) is 3.06. The van der Waals surface area contributed by atoms with Gasteiger partial charge in [-0.1, -0.05) is 6.07 Å². The number of carbonyl (C=O) groups is 1. The molecule has 25 heavy (non-hydrogen) atoms. The molecule has 2 aliphatic rings. The van der Waals surface area contributed by atoms with Crippen LogP contribution in [0.1, 0.15) is 17.7 Å². The van der Waals surface area contributed by atoms with E-state index in [0.717, 1.165) is 0 Å². The van der Waals surface area contributed by atoms with Crippen molar-refractivity contribution in [3.63, 3.8) is 0 Å². The highest BCUT2D eigenvalue weighted by Gasteiger charge is 2.33. The molecule has 3 N–H and O–H groups in total. The second kappa shape index (κ2) is 6.38. The highest BCUT2D eigenvalue weighted by atomic mass is 16.3. The molecular weight excluding hydrogens is 322 g/mol. The zero-order chi connectivity index (χ0) is 17.4. The van der Waals surface area contributed by atoms with Crippen LogP contribution in [0.15, 0.2) is 29.2 Å². The van der Waals surface area contributed by atoms with Crippen LogP contribution in [0.3, 0.4) is 0 Å². The molecule has 2 atom stereocenters. The number of aromatic nitrogens is 3. The summed E-state index contributed by atoms with van der Waals surface area (Å²) in [6, 6.07) is 5.03. The molecule has 2 aromatic rings. The number of nitrogens with one attached hydrogen (secondary N) is 2. The molecule has 1 amide bonds. The first kappa shape index (κ1) is 15.9. The highest BCUT2D eigenvalue weighted by Crippen LogP contribution is 2.19. The van der Waals surface area contributed by atoms with E-state index in [1.807, 2.05) is 6.07 Å². The topological polar surface area (TPSA) is 111 Å². The fraction of sp³-hybridized carbons (Fsp3) is 0.412. The second-order valence-corrected chi connectivity index (χ2v) is 6.41. The molecule has 0 radical (unpaired) electrons. The van der Waals surface area contributed by atoms with E-state index in [0.29, 0.717) is 55.3 Å². The second-order valence-electron chi connectivity index (χ2n) is 6.41. The van der Waals surface area contributed by atoms with Gasteiger partial charge >= 0.3 is 0 Å². The number of aromatic amines is 1. The summed E-state index contributed by atoms with van der Waals surface area (Å²) in [5, 5.41) is 12.6. The Morgan fingerprint density at radius 3 is 2.96 bits per heavy atom. The molecule has 1 fully saturated rings. The molecule has 8 heteroatoms. The first-order valence-electron chi connectivity index (χ1n) is 8.35. The van der Waals surface area contributed by atoms with Crippen LogP contribution in [0.4, 0.5) is 0 Å². The maximum atomic E-state index is 12.6. The van der Waals surface area contributed by atoms with E-state index < -0.39 is 6.10 Å². The molecule has 4 heterocycles. The summed E-state index contributed by atoms with van der Waals surface area (Å²) in [6.07, 6.45) is 2.05. The molecule has 1 saturated heterocycles. The molecule has 4 rings (SSSR count). The lowest BCUT2D eigenvalue weighted by molar-refractivity contribution is -0.134. The average molecular weight is 341 g/mol. The number of aliphatic hydroxyl groups is 1. The quantitative estimate of drug-likeness (QED) is 0.675. The predicted octanol–water partition coefficient (Wildman–Crippen LogP) is -0.561. The highest BCUT2D eigenvalue weighted by molar-refractivity contribution is 5.82. The minimum absolute atomic E-state index is 0.0522. The zero-order valence-corrected chi connectivity index (χ0v) is 13.6. The molecule has 8 nitrogen and oxygen atoms in total. The number of rotatable bonds is 2. The van der Waals surface area contributed by atoms with Crippen molar-refractivity contribution in [2.75, 3.05) is 13.1 Å². The summed E-state index contributed by atoms with van der Waals surface area (Å²) >= 11 is 0. The van der Waals surface area contributed by atoms with Crippen LogP contribution in [0, 0.1) is 0 Å².